The summed E-state index contributed by atoms with van der Waals surface area (Å²) >= 11 is 0. The second kappa shape index (κ2) is 7.61. The van der Waals surface area contributed by atoms with E-state index in [-0.39, 0.29) is 5.54 Å². The van der Waals surface area contributed by atoms with Crippen LogP contribution in [0, 0.1) is 29.1 Å². The Hall–Kier alpha value is -1.30. The summed E-state index contributed by atoms with van der Waals surface area (Å²) < 4.78 is 0. The van der Waals surface area contributed by atoms with Crippen LogP contribution in [0.2, 0.25) is 0 Å². The van der Waals surface area contributed by atoms with Gasteiger partial charge in [0, 0.05) is 11.6 Å². The summed E-state index contributed by atoms with van der Waals surface area (Å²) in [6, 6.07) is 11.0. The first-order chi connectivity index (χ1) is 12.6. The molecule has 2 nitrogen and oxygen atoms in total. The first kappa shape index (κ1) is 20.4. The number of hydrogen-bond acceptors (Lipinski definition) is 2. The topological polar surface area (TPSA) is 29.3 Å². The van der Waals surface area contributed by atoms with Crippen molar-refractivity contribution < 1.29 is 0 Å². The molecule has 0 spiro atoms. The Labute approximate surface area is 166 Å². The van der Waals surface area contributed by atoms with E-state index >= 15 is 0 Å². The van der Waals surface area contributed by atoms with Crippen LogP contribution in [-0.2, 0) is 6.42 Å². The van der Waals surface area contributed by atoms with Gasteiger partial charge in [-0.25, -0.2) is 0 Å². The van der Waals surface area contributed by atoms with E-state index in [9.17, 15) is 0 Å². The Morgan fingerprint density at radius 2 is 1.70 bits per heavy atom. The van der Waals surface area contributed by atoms with Gasteiger partial charge in [0.05, 0.1) is 6.54 Å². The van der Waals surface area contributed by atoms with Gasteiger partial charge in [-0.2, -0.15) is 0 Å². The van der Waals surface area contributed by atoms with Gasteiger partial charge in [0.2, 0.25) is 0 Å². The lowest BCUT2D eigenvalue weighted by atomic mass is 9.43. The lowest BCUT2D eigenvalue weighted by Gasteiger charge is -2.64. The SMILES string of the molecule is C#CCN(C)[C@H](C)Cc1ccccc1.C[C@]12CC3CC(N)(C1)C[C@@](C)(C3)C2. The van der Waals surface area contributed by atoms with E-state index in [4.69, 9.17) is 12.2 Å². The first-order valence-electron chi connectivity index (χ1n) is 10.6. The molecule has 0 radical (unpaired) electrons. The minimum atomic E-state index is 0.225. The maximum absolute atomic E-state index is 6.49. The first-order valence-corrected chi connectivity index (χ1v) is 10.6. The molecule has 27 heavy (non-hydrogen) atoms. The van der Waals surface area contributed by atoms with E-state index < -0.39 is 0 Å². The molecule has 0 aliphatic heterocycles. The van der Waals surface area contributed by atoms with Crippen LogP contribution in [0.25, 0.3) is 0 Å². The fourth-order valence-corrected chi connectivity index (χ4v) is 6.95. The highest BCUT2D eigenvalue weighted by atomic mass is 15.1. The predicted molar refractivity (Wildman–Crippen MR) is 115 cm³/mol. The molecule has 0 amide bonds. The summed E-state index contributed by atoms with van der Waals surface area (Å²) in [7, 11) is 2.06. The lowest BCUT2D eigenvalue weighted by molar-refractivity contribution is -0.104. The molecule has 1 aromatic rings. The van der Waals surface area contributed by atoms with Gasteiger partial charge in [0.15, 0.2) is 0 Å². The molecule has 2 unspecified atom stereocenters. The molecule has 4 saturated carbocycles. The largest absolute Gasteiger partial charge is 0.325 e. The zero-order valence-electron chi connectivity index (χ0n) is 17.8. The summed E-state index contributed by atoms with van der Waals surface area (Å²) in [5.41, 5.74) is 9.28. The smallest absolute Gasteiger partial charge is 0.0598 e. The van der Waals surface area contributed by atoms with Crippen LogP contribution in [-0.4, -0.2) is 30.1 Å². The van der Waals surface area contributed by atoms with Crippen LogP contribution in [0.1, 0.15) is 64.9 Å². The van der Waals surface area contributed by atoms with Gasteiger partial charge in [-0.15, -0.1) is 6.42 Å². The fraction of sp³-hybridized carbons (Fsp3) is 0.680. The molecule has 5 rings (SSSR count). The van der Waals surface area contributed by atoms with E-state index in [2.05, 4.69) is 62.9 Å². The quantitative estimate of drug-likeness (QED) is 0.770. The standard InChI is InChI=1S/C13H17N.C12H21N/c1-4-10-14(3)12(2)11-13-8-6-5-7-9-13;1-10-3-9-4-11(2,6-10)8-12(13,5-9)7-10/h1,5-9,12H,10-11H2,2-3H3;9H,3-8,13H2,1-2H3/t12-;9?,10-,11+,12?/m1./s1. The van der Waals surface area contributed by atoms with Crippen LogP contribution in [0.5, 0.6) is 0 Å². The molecule has 148 valence electrons. The third kappa shape index (κ3) is 4.95. The van der Waals surface area contributed by atoms with Crippen molar-refractivity contribution in [3.8, 4) is 12.3 Å². The molecule has 4 fully saturated rings. The van der Waals surface area contributed by atoms with Crippen molar-refractivity contribution in [3.63, 3.8) is 0 Å². The third-order valence-electron chi connectivity index (χ3n) is 7.14. The summed E-state index contributed by atoms with van der Waals surface area (Å²) in [5, 5.41) is 0. The molecule has 4 aliphatic carbocycles. The molecule has 4 aliphatic rings. The van der Waals surface area contributed by atoms with Gasteiger partial charge in [-0.3, -0.25) is 4.90 Å². The summed E-state index contributed by atoms with van der Waals surface area (Å²) in [5.74, 6) is 3.61. The maximum atomic E-state index is 6.49. The number of benzene rings is 1. The van der Waals surface area contributed by atoms with E-state index in [0.717, 1.165) is 12.3 Å². The van der Waals surface area contributed by atoms with Gasteiger partial charge in [0.25, 0.3) is 0 Å². The number of likely N-dealkylation sites (N-methyl/N-ethyl adjacent to an activating group) is 1. The van der Waals surface area contributed by atoms with Crippen molar-refractivity contribution in [3.05, 3.63) is 35.9 Å². The minimum absolute atomic E-state index is 0.225. The molecule has 2 N–H and O–H groups in total. The van der Waals surface area contributed by atoms with E-state index in [1.165, 1.54) is 44.1 Å². The minimum Gasteiger partial charge on any atom is -0.325 e. The normalized spacial score (nSPS) is 37.4. The molecule has 0 saturated heterocycles. The monoisotopic (exact) mass is 366 g/mol. The number of hydrogen-bond donors (Lipinski definition) is 1. The van der Waals surface area contributed by atoms with Crippen LogP contribution in [0.15, 0.2) is 30.3 Å². The molecule has 5 atom stereocenters. The second-order valence-corrected chi connectivity index (χ2v) is 10.7. The van der Waals surface area contributed by atoms with Crippen molar-refractivity contribution in [2.24, 2.45) is 22.5 Å². The van der Waals surface area contributed by atoms with Crippen LogP contribution in [0.3, 0.4) is 0 Å². The highest BCUT2D eigenvalue weighted by Gasteiger charge is 2.58. The van der Waals surface area contributed by atoms with Crippen molar-refractivity contribution >= 4 is 0 Å². The highest BCUT2D eigenvalue weighted by molar-refractivity contribution is 5.16. The highest BCUT2D eigenvalue weighted by Crippen LogP contribution is 2.65. The lowest BCUT2D eigenvalue weighted by Crippen LogP contribution is -2.62. The number of nitrogens with two attached hydrogens (primary N) is 1. The van der Waals surface area contributed by atoms with Crippen molar-refractivity contribution in [1.29, 1.82) is 0 Å². The molecular formula is C25H38N2. The van der Waals surface area contributed by atoms with Crippen LogP contribution in [0.4, 0.5) is 0 Å². The summed E-state index contributed by atoms with van der Waals surface area (Å²) in [6.45, 7) is 7.85. The van der Waals surface area contributed by atoms with Gasteiger partial charge in [0.1, 0.15) is 0 Å². The van der Waals surface area contributed by atoms with Gasteiger partial charge < -0.3 is 5.73 Å². The molecule has 0 heterocycles. The van der Waals surface area contributed by atoms with Crippen molar-refractivity contribution in [2.45, 2.75) is 77.3 Å². The zero-order chi connectivity index (χ0) is 19.7. The average Bonchev–Trinajstić information content (AvgIpc) is 2.52. The third-order valence-corrected chi connectivity index (χ3v) is 7.14. The number of rotatable bonds is 4. The molecule has 0 aromatic heterocycles. The Balaban J connectivity index is 0.000000156. The predicted octanol–water partition coefficient (Wildman–Crippen LogP) is 4.88. The Morgan fingerprint density at radius 1 is 1.11 bits per heavy atom. The Morgan fingerprint density at radius 3 is 2.19 bits per heavy atom. The van der Waals surface area contributed by atoms with E-state index in [1.54, 1.807) is 0 Å². The van der Waals surface area contributed by atoms with Gasteiger partial charge in [-0.1, -0.05) is 50.1 Å². The molecule has 4 bridgehead atoms. The summed E-state index contributed by atoms with van der Waals surface area (Å²) in [4.78, 5) is 2.19. The van der Waals surface area contributed by atoms with Gasteiger partial charge in [-0.05, 0) is 81.2 Å². The summed E-state index contributed by atoms with van der Waals surface area (Å²) in [6.07, 6.45) is 14.6. The maximum Gasteiger partial charge on any atom is 0.0598 e. The average molecular weight is 367 g/mol. The van der Waals surface area contributed by atoms with Gasteiger partial charge >= 0.3 is 0 Å². The van der Waals surface area contributed by atoms with Crippen LogP contribution < -0.4 is 5.73 Å². The number of nitrogens with zero attached hydrogens (tertiary/aromatic N) is 1. The van der Waals surface area contributed by atoms with Crippen molar-refractivity contribution in [2.75, 3.05) is 13.6 Å². The van der Waals surface area contributed by atoms with E-state index in [0.29, 0.717) is 23.4 Å². The fourth-order valence-electron chi connectivity index (χ4n) is 6.95. The second-order valence-electron chi connectivity index (χ2n) is 10.7. The van der Waals surface area contributed by atoms with Crippen molar-refractivity contribution in [1.82, 2.24) is 4.90 Å². The molecular weight excluding hydrogens is 328 g/mol. The zero-order valence-corrected chi connectivity index (χ0v) is 17.8. The Bertz CT molecular complexity index is 623. The Kier molecular flexibility index (Phi) is 5.76. The van der Waals surface area contributed by atoms with Crippen LogP contribution >= 0.6 is 0 Å². The molecule has 1 aromatic carbocycles. The molecule has 2 heteroatoms. The van der Waals surface area contributed by atoms with E-state index in [1.807, 2.05) is 6.07 Å². The number of terminal acetylenes is 1.